The third-order valence-electron chi connectivity index (χ3n) is 9.41. The highest BCUT2D eigenvalue weighted by Gasteiger charge is 2.55. The summed E-state index contributed by atoms with van der Waals surface area (Å²) in [4.78, 5) is 23.9. The lowest BCUT2D eigenvalue weighted by Crippen LogP contribution is -2.59. The van der Waals surface area contributed by atoms with Crippen molar-refractivity contribution in [2.75, 3.05) is 36.5 Å². The van der Waals surface area contributed by atoms with Crippen molar-refractivity contribution < 1.29 is 22.8 Å². The van der Waals surface area contributed by atoms with Crippen LogP contribution in [0.2, 0.25) is 0 Å². The third-order valence-corrected chi connectivity index (χ3v) is 10.2. The molecule has 4 aliphatic carbocycles. The summed E-state index contributed by atoms with van der Waals surface area (Å²) in [6, 6.07) is 0.0778. The molecule has 5 fully saturated rings. The highest BCUT2D eigenvalue weighted by molar-refractivity contribution is 7.88. The van der Waals surface area contributed by atoms with E-state index in [9.17, 15) is 18.3 Å². The van der Waals surface area contributed by atoms with Crippen molar-refractivity contribution in [3.63, 3.8) is 0 Å². The van der Waals surface area contributed by atoms with E-state index in [0.717, 1.165) is 68.4 Å². The highest BCUT2D eigenvalue weighted by atomic mass is 32.2. The maximum Gasteiger partial charge on any atom is 0.295 e. The number of hydrogen-bond acceptors (Lipinski definition) is 10. The zero-order valence-corrected chi connectivity index (χ0v) is 22.8. The number of nitrogens with one attached hydrogen (secondary N) is 3. The number of nitrogens with zero attached hydrogens (tertiary/aromatic N) is 4. The molecular formula is C26H35N7O5S. The third kappa shape index (κ3) is 4.67. The van der Waals surface area contributed by atoms with E-state index in [0.29, 0.717) is 49.2 Å². The minimum atomic E-state index is -3.29. The Morgan fingerprint density at radius 2 is 1.95 bits per heavy atom. The number of amides is 1. The van der Waals surface area contributed by atoms with Crippen LogP contribution in [0.4, 0.5) is 11.5 Å². The Morgan fingerprint density at radius 1 is 1.21 bits per heavy atom. The van der Waals surface area contributed by atoms with Gasteiger partial charge in [0.25, 0.3) is 17.6 Å². The first-order valence-corrected chi connectivity index (χ1v) is 15.9. The number of anilines is 2. The number of fused-ring (bicyclic) bond motifs is 1. The van der Waals surface area contributed by atoms with E-state index >= 15 is 0 Å². The monoisotopic (exact) mass is 557 g/mol. The van der Waals surface area contributed by atoms with Crippen LogP contribution in [0.15, 0.2) is 10.7 Å². The summed E-state index contributed by atoms with van der Waals surface area (Å²) in [7, 11) is -3.29. The Balaban J connectivity index is 1.12. The fourth-order valence-electron chi connectivity index (χ4n) is 8.03. The average Bonchev–Trinajstić information content (AvgIpc) is 3.54. The molecular weight excluding hydrogens is 522 g/mol. The van der Waals surface area contributed by atoms with Gasteiger partial charge in [-0.3, -0.25) is 4.79 Å². The van der Waals surface area contributed by atoms with Gasteiger partial charge in [0.15, 0.2) is 0 Å². The van der Waals surface area contributed by atoms with Gasteiger partial charge in [-0.05, 0) is 69.1 Å². The van der Waals surface area contributed by atoms with Crippen molar-refractivity contribution in [2.24, 2.45) is 17.8 Å². The summed E-state index contributed by atoms with van der Waals surface area (Å²) in [6.45, 7) is 1.62. The molecule has 4 heterocycles. The molecule has 1 saturated heterocycles. The molecule has 39 heavy (non-hydrogen) atoms. The molecule has 6 aliphatic rings. The smallest absolute Gasteiger partial charge is 0.295 e. The van der Waals surface area contributed by atoms with Gasteiger partial charge in [0, 0.05) is 43.5 Å². The summed E-state index contributed by atoms with van der Waals surface area (Å²) in [5.41, 5.74) is 2.21. The zero-order chi connectivity index (χ0) is 26.9. The molecule has 8 rings (SSSR count). The van der Waals surface area contributed by atoms with Crippen LogP contribution >= 0.6 is 0 Å². The fourth-order valence-corrected chi connectivity index (χ4v) is 8.87. The Morgan fingerprint density at radius 3 is 2.64 bits per heavy atom. The molecule has 1 amide bonds. The largest absolute Gasteiger partial charge is 0.390 e. The molecule has 2 aromatic rings. The first-order valence-electron chi connectivity index (χ1n) is 14.0. The minimum absolute atomic E-state index is 0.0130. The summed E-state index contributed by atoms with van der Waals surface area (Å²) >= 11 is 0. The van der Waals surface area contributed by atoms with Gasteiger partial charge in [-0.2, -0.15) is 4.98 Å². The van der Waals surface area contributed by atoms with Crippen LogP contribution < -0.4 is 15.4 Å². The number of piperidine rings is 1. The molecule has 0 spiro atoms. The molecule has 13 heteroatoms. The van der Waals surface area contributed by atoms with Gasteiger partial charge < -0.3 is 25.2 Å². The lowest BCUT2D eigenvalue weighted by molar-refractivity contribution is -0.129. The van der Waals surface area contributed by atoms with Gasteiger partial charge >= 0.3 is 0 Å². The van der Waals surface area contributed by atoms with E-state index in [4.69, 9.17) is 4.52 Å². The first-order chi connectivity index (χ1) is 18.6. The molecule has 2 aromatic heterocycles. The number of rotatable bonds is 6. The van der Waals surface area contributed by atoms with Crippen molar-refractivity contribution in [1.29, 1.82) is 0 Å². The van der Waals surface area contributed by atoms with E-state index in [1.807, 2.05) is 0 Å². The number of aromatic nitrogens is 3. The van der Waals surface area contributed by atoms with E-state index in [2.05, 4.69) is 30.5 Å². The average molecular weight is 558 g/mol. The fraction of sp³-hybridized carbons (Fsp3) is 0.692. The van der Waals surface area contributed by atoms with E-state index in [1.54, 1.807) is 11.1 Å². The summed E-state index contributed by atoms with van der Waals surface area (Å²) in [6.07, 6.45) is 9.67. The van der Waals surface area contributed by atoms with Crippen molar-refractivity contribution >= 4 is 27.4 Å². The molecule has 2 aliphatic heterocycles. The van der Waals surface area contributed by atoms with Crippen LogP contribution in [0.3, 0.4) is 0 Å². The second-order valence-corrected chi connectivity index (χ2v) is 14.1. The summed E-state index contributed by atoms with van der Waals surface area (Å²) < 4.78 is 31.3. The number of carbonyl (C=O) groups excluding carboxylic acids is 1. The predicted molar refractivity (Wildman–Crippen MR) is 143 cm³/mol. The van der Waals surface area contributed by atoms with E-state index < -0.39 is 15.6 Å². The maximum absolute atomic E-state index is 13.2. The van der Waals surface area contributed by atoms with Crippen molar-refractivity contribution in [1.82, 2.24) is 24.7 Å². The molecule has 0 aromatic carbocycles. The quantitative estimate of drug-likeness (QED) is 0.410. The minimum Gasteiger partial charge on any atom is -0.390 e. The number of carbonyl (C=O) groups is 1. The standard InChI is InChI=1S/C26H35N7O5S/c1-39(36,37)32-17-3-6-33(7-4-17)25(34)23-30-24(38-31-23)19-13-28-22-18(2-5-27-22)21(19)29-20-15-8-14-9-16(20)12-26(35,10-14)11-15/h13-17,20,32,35H,2-12H2,1H3,(H2,27,28,29)/t14?,15-,16+,20+,26-. The Labute approximate surface area is 227 Å². The van der Waals surface area contributed by atoms with Gasteiger partial charge in [0.2, 0.25) is 10.0 Å². The molecule has 1 unspecified atom stereocenters. The predicted octanol–water partition coefficient (Wildman–Crippen LogP) is 1.60. The van der Waals surface area contributed by atoms with Crippen molar-refractivity contribution in [3.05, 3.63) is 17.6 Å². The number of aliphatic hydroxyl groups is 1. The van der Waals surface area contributed by atoms with E-state index in [1.165, 1.54) is 0 Å². The highest BCUT2D eigenvalue weighted by Crippen LogP contribution is 2.56. The van der Waals surface area contributed by atoms with Gasteiger partial charge in [-0.25, -0.2) is 18.1 Å². The molecule has 12 nitrogen and oxygen atoms in total. The number of likely N-dealkylation sites (tertiary alicyclic amines) is 1. The van der Waals surface area contributed by atoms with Crippen molar-refractivity contribution in [2.45, 2.75) is 69.1 Å². The van der Waals surface area contributed by atoms with E-state index in [-0.39, 0.29) is 29.7 Å². The number of pyridine rings is 1. The summed E-state index contributed by atoms with van der Waals surface area (Å²) in [5, 5.41) is 22.3. The molecule has 5 atom stereocenters. The Kier molecular flexibility index (Phi) is 5.90. The first kappa shape index (κ1) is 25.2. The lowest BCUT2D eigenvalue weighted by Gasteiger charge is -2.58. The molecule has 4 saturated carbocycles. The van der Waals surface area contributed by atoms with Crippen LogP contribution in [0.5, 0.6) is 0 Å². The second-order valence-electron chi connectivity index (χ2n) is 12.3. The van der Waals surface area contributed by atoms with Crippen LogP contribution in [0.1, 0.15) is 61.1 Å². The molecule has 210 valence electrons. The van der Waals surface area contributed by atoms with Gasteiger partial charge in [0.05, 0.1) is 23.1 Å². The SMILES string of the molecule is CS(=O)(=O)NC1CCN(C(=O)c2noc(-c3cnc4c(c3N[C@H]3[C@@H]5CC6C[C@H]3C[C@@](O)(C6)C5)CCN4)n2)CC1. The second kappa shape index (κ2) is 9.13. The van der Waals surface area contributed by atoms with Crippen molar-refractivity contribution in [3.8, 4) is 11.5 Å². The van der Waals surface area contributed by atoms with Crippen LogP contribution in [0.25, 0.3) is 11.5 Å². The van der Waals surface area contributed by atoms with Gasteiger partial charge in [-0.15, -0.1) is 0 Å². The number of sulfonamides is 1. The maximum atomic E-state index is 13.2. The van der Waals surface area contributed by atoms with Gasteiger partial charge in [0.1, 0.15) is 5.82 Å². The van der Waals surface area contributed by atoms with Crippen LogP contribution in [-0.2, 0) is 16.4 Å². The molecule has 4 N–H and O–H groups in total. The zero-order valence-electron chi connectivity index (χ0n) is 22.0. The lowest BCUT2D eigenvalue weighted by atomic mass is 9.52. The van der Waals surface area contributed by atoms with Crippen LogP contribution in [-0.4, -0.2) is 83.0 Å². The van der Waals surface area contributed by atoms with Gasteiger partial charge in [-0.1, -0.05) is 5.16 Å². The molecule has 0 radical (unpaired) electrons. The normalized spacial score (nSPS) is 31.8. The number of hydrogen-bond donors (Lipinski definition) is 4. The topological polar surface area (TPSA) is 163 Å². The molecule has 4 bridgehead atoms. The van der Waals surface area contributed by atoms with Crippen LogP contribution in [0, 0.1) is 17.8 Å². The Hall–Kier alpha value is -2.77. The Bertz CT molecular complexity index is 1390. The summed E-state index contributed by atoms with van der Waals surface area (Å²) in [5.74, 6) is 2.22.